The van der Waals surface area contributed by atoms with Crippen molar-refractivity contribution < 1.29 is 24.2 Å². The lowest BCUT2D eigenvalue weighted by atomic mass is 9.97. The van der Waals surface area contributed by atoms with Gasteiger partial charge in [-0.2, -0.15) is 0 Å². The molecule has 0 saturated heterocycles. The molecule has 0 aromatic heterocycles. The third-order valence-electron chi connectivity index (χ3n) is 2.54. The fraction of sp³-hybridized carbons (Fsp3) is 0.769. The highest BCUT2D eigenvalue weighted by Gasteiger charge is 2.28. The fourth-order valence-electron chi connectivity index (χ4n) is 1.65. The number of aliphatic carboxylic acids is 1. The average molecular weight is 273 g/mol. The van der Waals surface area contributed by atoms with Crippen LogP contribution in [0.3, 0.4) is 0 Å². The molecule has 0 aliphatic carbocycles. The quantitative estimate of drug-likeness (QED) is 0.648. The Morgan fingerprint density at radius 2 is 1.74 bits per heavy atom. The van der Waals surface area contributed by atoms with E-state index in [2.05, 4.69) is 5.32 Å². The zero-order valence-corrected chi connectivity index (χ0v) is 11.9. The zero-order valence-electron chi connectivity index (χ0n) is 11.9. The third kappa shape index (κ3) is 7.43. The molecule has 0 heterocycles. The minimum atomic E-state index is -1.14. The van der Waals surface area contributed by atoms with Crippen LogP contribution >= 0.6 is 0 Å². The summed E-state index contributed by atoms with van der Waals surface area (Å²) < 4.78 is 4.77. The third-order valence-corrected chi connectivity index (χ3v) is 2.54. The van der Waals surface area contributed by atoms with Crippen LogP contribution in [-0.4, -0.2) is 35.6 Å². The van der Waals surface area contributed by atoms with E-state index in [0.29, 0.717) is 0 Å². The number of hydrogen-bond acceptors (Lipinski definition) is 4. The minimum Gasteiger partial charge on any atom is -0.480 e. The van der Waals surface area contributed by atoms with Crippen LogP contribution in [0.5, 0.6) is 0 Å². The number of carboxylic acids is 1. The van der Waals surface area contributed by atoms with E-state index >= 15 is 0 Å². The molecule has 6 nitrogen and oxygen atoms in total. The summed E-state index contributed by atoms with van der Waals surface area (Å²) in [6, 6.07) is -1.07. The first-order valence-electron chi connectivity index (χ1n) is 6.45. The molecule has 2 atom stereocenters. The van der Waals surface area contributed by atoms with Gasteiger partial charge in [0.15, 0.2) is 0 Å². The molecule has 0 aromatic rings. The molecule has 110 valence electrons. The van der Waals surface area contributed by atoms with Gasteiger partial charge in [-0.15, -0.1) is 0 Å². The van der Waals surface area contributed by atoms with E-state index in [-0.39, 0.29) is 31.3 Å². The molecule has 0 spiro atoms. The molecular weight excluding hydrogens is 250 g/mol. The Balaban J connectivity index is 4.51. The molecular formula is C13H23NO5. The molecule has 0 saturated carbocycles. The molecule has 2 N–H and O–H groups in total. The highest BCUT2D eigenvalue weighted by molar-refractivity contribution is 5.84. The Bertz CT molecular complexity index is 327. The molecule has 0 bridgehead atoms. The molecule has 6 heteroatoms. The van der Waals surface area contributed by atoms with Crippen molar-refractivity contribution in [3.8, 4) is 0 Å². The molecule has 0 aromatic carbocycles. The van der Waals surface area contributed by atoms with Gasteiger partial charge in [-0.3, -0.25) is 9.59 Å². The van der Waals surface area contributed by atoms with Gasteiger partial charge in [0.1, 0.15) is 6.04 Å². The second-order valence-electron chi connectivity index (χ2n) is 4.97. The van der Waals surface area contributed by atoms with Crippen molar-refractivity contribution in [2.45, 2.75) is 46.6 Å². The SMILES string of the molecule is CCOC(=O)C[C@@H](C)[C@@H](NC(=O)CC(C)C)C(=O)O. The van der Waals surface area contributed by atoms with E-state index in [4.69, 9.17) is 9.84 Å². The number of rotatable bonds is 8. The smallest absolute Gasteiger partial charge is 0.326 e. The first-order chi connectivity index (χ1) is 8.77. The van der Waals surface area contributed by atoms with Gasteiger partial charge in [0.05, 0.1) is 13.0 Å². The van der Waals surface area contributed by atoms with Crippen LogP contribution in [0.4, 0.5) is 0 Å². The molecule has 0 aliphatic heterocycles. The normalized spacial score (nSPS) is 13.7. The summed E-state index contributed by atoms with van der Waals surface area (Å²) in [5.74, 6) is -2.30. The van der Waals surface area contributed by atoms with Crippen molar-refractivity contribution in [2.24, 2.45) is 11.8 Å². The summed E-state index contributed by atoms with van der Waals surface area (Å²) in [7, 11) is 0. The number of nitrogens with one attached hydrogen (secondary N) is 1. The van der Waals surface area contributed by atoms with E-state index in [0.717, 1.165) is 0 Å². The zero-order chi connectivity index (χ0) is 15.0. The maximum absolute atomic E-state index is 11.6. The molecule has 19 heavy (non-hydrogen) atoms. The van der Waals surface area contributed by atoms with Gasteiger partial charge in [0, 0.05) is 6.42 Å². The van der Waals surface area contributed by atoms with E-state index < -0.39 is 23.9 Å². The van der Waals surface area contributed by atoms with Crippen molar-refractivity contribution in [1.82, 2.24) is 5.32 Å². The second kappa shape index (κ2) is 8.50. The predicted octanol–water partition coefficient (Wildman–Crippen LogP) is 1.19. The van der Waals surface area contributed by atoms with Gasteiger partial charge in [0.2, 0.25) is 5.91 Å². The Labute approximate surface area is 113 Å². The maximum atomic E-state index is 11.6. The number of carbonyl (C=O) groups is 3. The highest BCUT2D eigenvalue weighted by Crippen LogP contribution is 2.11. The monoisotopic (exact) mass is 273 g/mol. The van der Waals surface area contributed by atoms with Crippen LogP contribution in [0.25, 0.3) is 0 Å². The minimum absolute atomic E-state index is 0.0350. The largest absolute Gasteiger partial charge is 0.480 e. The van der Waals surface area contributed by atoms with E-state index in [1.54, 1.807) is 13.8 Å². The Morgan fingerprint density at radius 1 is 1.16 bits per heavy atom. The van der Waals surface area contributed by atoms with Gasteiger partial charge >= 0.3 is 11.9 Å². The van der Waals surface area contributed by atoms with Crippen molar-refractivity contribution >= 4 is 17.8 Å². The van der Waals surface area contributed by atoms with Gasteiger partial charge < -0.3 is 15.2 Å². The second-order valence-corrected chi connectivity index (χ2v) is 4.97. The van der Waals surface area contributed by atoms with Gasteiger partial charge in [-0.25, -0.2) is 4.79 Å². The average Bonchev–Trinajstić information content (AvgIpc) is 2.24. The van der Waals surface area contributed by atoms with Crippen LogP contribution in [0.15, 0.2) is 0 Å². The van der Waals surface area contributed by atoms with E-state index in [1.807, 2.05) is 13.8 Å². The van der Waals surface area contributed by atoms with Gasteiger partial charge in [0.25, 0.3) is 0 Å². The molecule has 0 fully saturated rings. The molecule has 0 aliphatic rings. The fourth-order valence-corrected chi connectivity index (χ4v) is 1.65. The lowest BCUT2D eigenvalue weighted by Crippen LogP contribution is -2.46. The molecule has 1 amide bonds. The van der Waals surface area contributed by atoms with Crippen LogP contribution in [0.2, 0.25) is 0 Å². The molecule has 0 rings (SSSR count). The number of esters is 1. The molecule has 0 radical (unpaired) electrons. The number of ether oxygens (including phenoxy) is 1. The number of carboxylic acid groups (broad SMARTS) is 1. The maximum Gasteiger partial charge on any atom is 0.326 e. The Hall–Kier alpha value is -1.59. The first kappa shape index (κ1) is 17.4. The number of amides is 1. The summed E-state index contributed by atoms with van der Waals surface area (Å²) >= 11 is 0. The van der Waals surface area contributed by atoms with Gasteiger partial charge in [-0.1, -0.05) is 20.8 Å². The number of carbonyl (C=O) groups excluding carboxylic acids is 2. The topological polar surface area (TPSA) is 92.7 Å². The Kier molecular flexibility index (Phi) is 7.79. The lowest BCUT2D eigenvalue weighted by molar-refractivity contribution is -0.147. The summed E-state index contributed by atoms with van der Waals surface area (Å²) in [5, 5.41) is 11.6. The summed E-state index contributed by atoms with van der Waals surface area (Å²) in [4.78, 5) is 34.0. The van der Waals surface area contributed by atoms with E-state index in [1.165, 1.54) is 0 Å². The van der Waals surface area contributed by atoms with Crippen molar-refractivity contribution in [3.63, 3.8) is 0 Å². The number of hydrogen-bond donors (Lipinski definition) is 2. The van der Waals surface area contributed by atoms with Crippen LogP contribution < -0.4 is 5.32 Å². The van der Waals surface area contributed by atoms with Crippen molar-refractivity contribution in [3.05, 3.63) is 0 Å². The lowest BCUT2D eigenvalue weighted by Gasteiger charge is -2.21. The summed E-state index contributed by atoms with van der Waals surface area (Å²) in [6.07, 6.45) is 0.225. The first-order valence-corrected chi connectivity index (χ1v) is 6.45. The molecule has 0 unspecified atom stereocenters. The van der Waals surface area contributed by atoms with Crippen LogP contribution in [-0.2, 0) is 19.1 Å². The predicted molar refractivity (Wildman–Crippen MR) is 69.4 cm³/mol. The summed E-state index contributed by atoms with van der Waals surface area (Å²) in [6.45, 7) is 7.28. The van der Waals surface area contributed by atoms with Gasteiger partial charge in [-0.05, 0) is 18.8 Å². The van der Waals surface area contributed by atoms with Crippen LogP contribution in [0.1, 0.15) is 40.5 Å². The summed E-state index contributed by atoms with van der Waals surface area (Å²) in [5.41, 5.74) is 0. The van der Waals surface area contributed by atoms with Crippen molar-refractivity contribution in [2.75, 3.05) is 6.61 Å². The van der Waals surface area contributed by atoms with E-state index in [9.17, 15) is 14.4 Å². The van der Waals surface area contributed by atoms with Crippen LogP contribution in [0, 0.1) is 11.8 Å². The van der Waals surface area contributed by atoms with Crippen molar-refractivity contribution in [1.29, 1.82) is 0 Å². The Morgan fingerprint density at radius 3 is 2.16 bits per heavy atom. The standard InChI is InChI=1S/C13H23NO5/c1-5-19-11(16)7-9(4)12(13(17)18)14-10(15)6-8(2)3/h8-9,12H,5-7H2,1-4H3,(H,14,15)(H,17,18)/t9-,12-/m1/s1. The highest BCUT2D eigenvalue weighted by atomic mass is 16.5.